The fraction of sp³-hybridized carbons (Fsp3) is 0.273. The number of carbonyl (C=O) groups is 2. The van der Waals surface area contributed by atoms with Crippen molar-refractivity contribution in [3.8, 4) is 5.75 Å². The Bertz CT molecular complexity index is 970. The monoisotopic (exact) mass is 432 g/mol. The van der Waals surface area contributed by atoms with Gasteiger partial charge in [-0.2, -0.15) is 0 Å². The molecular weight excluding hydrogens is 415 g/mol. The molecule has 2 aliphatic rings. The Balaban J connectivity index is 1.55. The molecule has 2 aromatic rings. The number of carbonyl (C=O) groups excluding carboxylic acids is 2. The minimum absolute atomic E-state index is 0.150. The normalized spacial score (nSPS) is 17.8. The maximum Gasteiger partial charge on any atom is 0.348 e. The van der Waals surface area contributed by atoms with Crippen molar-refractivity contribution < 1.29 is 23.8 Å². The zero-order valence-electron chi connectivity index (χ0n) is 15.5. The number of hydrogen-bond donors (Lipinski definition) is 0. The van der Waals surface area contributed by atoms with Gasteiger partial charge in [0.1, 0.15) is 17.9 Å². The van der Waals surface area contributed by atoms with Crippen molar-refractivity contribution in [3.63, 3.8) is 0 Å². The van der Waals surface area contributed by atoms with E-state index in [9.17, 15) is 9.59 Å². The summed E-state index contributed by atoms with van der Waals surface area (Å²) in [5, 5.41) is 1.04. The minimum atomic E-state index is -1.09. The van der Waals surface area contributed by atoms with Crippen LogP contribution in [0.4, 0.5) is 0 Å². The quantitative estimate of drug-likeness (QED) is 0.371. The Hall–Kier alpha value is -2.50. The molecule has 0 N–H and O–H groups in total. The van der Waals surface area contributed by atoms with Crippen LogP contribution in [0.3, 0.4) is 0 Å². The van der Waals surface area contributed by atoms with E-state index in [0.717, 1.165) is 18.4 Å². The van der Waals surface area contributed by atoms with Crippen molar-refractivity contribution in [2.24, 2.45) is 0 Å². The number of rotatable bonds is 4. The highest BCUT2D eigenvalue weighted by Gasteiger charge is 2.47. The van der Waals surface area contributed by atoms with Crippen molar-refractivity contribution in [3.05, 3.63) is 69.2 Å². The van der Waals surface area contributed by atoms with Gasteiger partial charge >= 0.3 is 11.9 Å². The van der Waals surface area contributed by atoms with Gasteiger partial charge in [-0.05, 0) is 37.1 Å². The molecule has 1 spiro atoms. The Labute approximate surface area is 178 Å². The SMILES string of the molecule is O=C1OC2(CCCC2)OC(=O)C1=Cc1ccccc1OCc1ccc(Cl)cc1Cl. The molecule has 1 saturated carbocycles. The zero-order valence-corrected chi connectivity index (χ0v) is 17.0. The zero-order chi connectivity index (χ0) is 20.4. The second-order valence-corrected chi connectivity index (χ2v) is 7.86. The molecule has 1 heterocycles. The van der Waals surface area contributed by atoms with Crippen LogP contribution in [0.5, 0.6) is 5.75 Å². The summed E-state index contributed by atoms with van der Waals surface area (Å²) < 4.78 is 16.8. The van der Waals surface area contributed by atoms with Crippen LogP contribution < -0.4 is 4.74 Å². The van der Waals surface area contributed by atoms with Gasteiger partial charge in [0.05, 0.1) is 0 Å². The molecule has 1 saturated heterocycles. The van der Waals surface area contributed by atoms with Gasteiger partial charge < -0.3 is 14.2 Å². The standard InChI is InChI=1S/C22H18Cl2O5/c23-16-8-7-15(18(24)12-16)13-27-19-6-2-1-5-14(19)11-17-20(25)28-22(29-21(17)26)9-3-4-10-22/h1-2,5-8,11-12H,3-4,9-10,13H2. The first kappa shape index (κ1) is 19.8. The van der Waals surface area contributed by atoms with Gasteiger partial charge in [0.2, 0.25) is 0 Å². The Kier molecular flexibility index (Phi) is 5.52. The average molecular weight is 433 g/mol. The second kappa shape index (κ2) is 8.09. The predicted octanol–water partition coefficient (Wildman–Crippen LogP) is 5.33. The molecule has 1 aliphatic heterocycles. The largest absolute Gasteiger partial charge is 0.488 e. The van der Waals surface area contributed by atoms with E-state index >= 15 is 0 Å². The Morgan fingerprint density at radius 2 is 1.69 bits per heavy atom. The van der Waals surface area contributed by atoms with Crippen LogP contribution in [0.25, 0.3) is 6.08 Å². The first-order chi connectivity index (χ1) is 14.0. The molecule has 0 unspecified atom stereocenters. The van der Waals surface area contributed by atoms with Crippen LogP contribution in [0.1, 0.15) is 36.8 Å². The molecule has 4 rings (SSSR count). The van der Waals surface area contributed by atoms with Crippen molar-refractivity contribution in [2.45, 2.75) is 38.1 Å². The van der Waals surface area contributed by atoms with E-state index in [1.165, 1.54) is 6.08 Å². The van der Waals surface area contributed by atoms with Gasteiger partial charge in [0.25, 0.3) is 5.79 Å². The summed E-state index contributed by atoms with van der Waals surface area (Å²) in [4.78, 5) is 25.0. The molecule has 29 heavy (non-hydrogen) atoms. The molecule has 5 nitrogen and oxygen atoms in total. The van der Waals surface area contributed by atoms with E-state index in [4.69, 9.17) is 37.4 Å². The van der Waals surface area contributed by atoms with Crippen LogP contribution in [0.15, 0.2) is 48.0 Å². The number of ether oxygens (including phenoxy) is 3. The summed E-state index contributed by atoms with van der Waals surface area (Å²) in [6.07, 6.45) is 4.25. The van der Waals surface area contributed by atoms with Gasteiger partial charge in [-0.25, -0.2) is 9.59 Å². The maximum atomic E-state index is 12.5. The van der Waals surface area contributed by atoms with Crippen LogP contribution in [0.2, 0.25) is 10.0 Å². The molecule has 0 radical (unpaired) electrons. The van der Waals surface area contributed by atoms with Crippen molar-refractivity contribution in [2.75, 3.05) is 0 Å². The van der Waals surface area contributed by atoms with Crippen molar-refractivity contribution in [1.29, 1.82) is 0 Å². The van der Waals surface area contributed by atoms with Crippen LogP contribution >= 0.6 is 23.2 Å². The summed E-state index contributed by atoms with van der Waals surface area (Å²) in [6.45, 7) is 0.203. The lowest BCUT2D eigenvalue weighted by Gasteiger charge is -2.32. The summed E-state index contributed by atoms with van der Waals surface area (Å²) in [5.74, 6) is -1.93. The molecular formula is C22H18Cl2O5. The predicted molar refractivity (Wildman–Crippen MR) is 109 cm³/mol. The smallest absolute Gasteiger partial charge is 0.348 e. The number of hydrogen-bond acceptors (Lipinski definition) is 5. The third-order valence-electron chi connectivity index (χ3n) is 4.98. The Morgan fingerprint density at radius 3 is 2.38 bits per heavy atom. The average Bonchev–Trinajstić information content (AvgIpc) is 3.12. The second-order valence-electron chi connectivity index (χ2n) is 7.02. The van der Waals surface area contributed by atoms with E-state index in [1.54, 1.807) is 42.5 Å². The lowest BCUT2D eigenvalue weighted by molar-refractivity contribution is -0.232. The fourth-order valence-corrected chi connectivity index (χ4v) is 3.93. The first-order valence-corrected chi connectivity index (χ1v) is 10.1. The number of para-hydroxylation sites is 1. The van der Waals surface area contributed by atoms with Gasteiger partial charge in [0, 0.05) is 34.0 Å². The van der Waals surface area contributed by atoms with E-state index in [-0.39, 0.29) is 12.2 Å². The summed E-state index contributed by atoms with van der Waals surface area (Å²) in [5.41, 5.74) is 1.17. The van der Waals surface area contributed by atoms with Gasteiger partial charge in [-0.3, -0.25) is 0 Å². The van der Waals surface area contributed by atoms with Crippen molar-refractivity contribution >= 4 is 41.2 Å². The molecule has 0 atom stereocenters. The summed E-state index contributed by atoms with van der Waals surface area (Å²) in [7, 11) is 0. The third-order valence-corrected chi connectivity index (χ3v) is 5.57. The molecule has 2 aromatic carbocycles. The number of benzene rings is 2. The maximum absolute atomic E-state index is 12.5. The minimum Gasteiger partial charge on any atom is -0.488 e. The topological polar surface area (TPSA) is 61.8 Å². The lowest BCUT2D eigenvalue weighted by Crippen LogP contribution is -2.44. The highest BCUT2D eigenvalue weighted by molar-refractivity contribution is 6.35. The third kappa shape index (κ3) is 4.26. The van der Waals surface area contributed by atoms with Gasteiger partial charge in [0.15, 0.2) is 0 Å². The van der Waals surface area contributed by atoms with Crippen LogP contribution in [0, 0.1) is 0 Å². The first-order valence-electron chi connectivity index (χ1n) is 9.30. The molecule has 1 aliphatic carbocycles. The lowest BCUT2D eigenvalue weighted by atomic mass is 10.1. The van der Waals surface area contributed by atoms with E-state index < -0.39 is 17.7 Å². The van der Waals surface area contributed by atoms with Crippen LogP contribution in [-0.2, 0) is 25.7 Å². The summed E-state index contributed by atoms with van der Waals surface area (Å²) in [6, 6.07) is 12.2. The molecule has 150 valence electrons. The molecule has 0 aromatic heterocycles. The van der Waals surface area contributed by atoms with Gasteiger partial charge in [-0.15, -0.1) is 0 Å². The Morgan fingerprint density at radius 1 is 1.00 bits per heavy atom. The fourth-order valence-electron chi connectivity index (χ4n) is 3.47. The number of esters is 2. The summed E-state index contributed by atoms with van der Waals surface area (Å²) >= 11 is 12.1. The molecule has 2 fully saturated rings. The van der Waals surface area contributed by atoms with Crippen molar-refractivity contribution in [1.82, 2.24) is 0 Å². The molecule has 0 amide bonds. The van der Waals surface area contributed by atoms with Gasteiger partial charge in [-0.1, -0.05) is 47.5 Å². The van der Waals surface area contributed by atoms with Crippen LogP contribution in [-0.4, -0.2) is 17.7 Å². The number of halogens is 2. The van der Waals surface area contributed by atoms with E-state index in [0.29, 0.717) is 34.2 Å². The highest BCUT2D eigenvalue weighted by atomic mass is 35.5. The molecule has 0 bridgehead atoms. The van der Waals surface area contributed by atoms with E-state index in [2.05, 4.69) is 0 Å². The molecule has 7 heteroatoms. The van der Waals surface area contributed by atoms with E-state index in [1.807, 2.05) is 0 Å². The highest BCUT2D eigenvalue weighted by Crippen LogP contribution is 2.39.